The van der Waals surface area contributed by atoms with Crippen molar-refractivity contribution in [2.75, 3.05) is 0 Å². The van der Waals surface area contributed by atoms with Gasteiger partial charge in [0.2, 0.25) is 6.33 Å². The predicted octanol–water partition coefficient (Wildman–Crippen LogP) is 2.54. The Bertz CT molecular complexity index is 570. The van der Waals surface area contributed by atoms with E-state index in [1.807, 2.05) is 0 Å². The van der Waals surface area contributed by atoms with Crippen molar-refractivity contribution < 1.29 is 4.92 Å². The maximum absolute atomic E-state index is 10.5. The Balaban J connectivity index is 2.22. The van der Waals surface area contributed by atoms with Crippen LogP contribution in [-0.2, 0) is 6.54 Å². The Hall–Kier alpha value is -1.66. The number of pyridine rings is 1. The molecule has 0 radical (unpaired) electrons. The molecule has 88 valence electrons. The minimum Gasteiger partial charge on any atom is -0.358 e. The van der Waals surface area contributed by atoms with E-state index in [2.05, 4.69) is 9.97 Å². The van der Waals surface area contributed by atoms with Crippen LogP contribution < -0.4 is 0 Å². The second-order valence-electron chi connectivity index (χ2n) is 3.26. The van der Waals surface area contributed by atoms with Crippen molar-refractivity contribution in [1.82, 2.24) is 14.5 Å². The van der Waals surface area contributed by atoms with Crippen LogP contribution >= 0.6 is 23.2 Å². The molecule has 0 aliphatic carbocycles. The molecule has 0 atom stereocenters. The van der Waals surface area contributed by atoms with Gasteiger partial charge < -0.3 is 14.7 Å². The first-order chi connectivity index (χ1) is 8.06. The minimum absolute atomic E-state index is 0.206. The van der Waals surface area contributed by atoms with E-state index >= 15 is 0 Å². The zero-order valence-electron chi connectivity index (χ0n) is 8.38. The SMILES string of the molecule is O=[N+]([O-])c1cn(Cc2cnc(Cl)cc2Cl)cn1. The molecule has 0 spiro atoms. The average molecular weight is 273 g/mol. The molecule has 2 rings (SSSR count). The van der Waals surface area contributed by atoms with Crippen molar-refractivity contribution in [3.05, 3.63) is 50.6 Å². The van der Waals surface area contributed by atoms with E-state index in [0.717, 1.165) is 0 Å². The third-order valence-electron chi connectivity index (χ3n) is 2.06. The molecule has 0 aliphatic heterocycles. The third kappa shape index (κ3) is 2.72. The molecule has 17 heavy (non-hydrogen) atoms. The van der Waals surface area contributed by atoms with Gasteiger partial charge in [0.05, 0.1) is 11.6 Å². The highest BCUT2D eigenvalue weighted by molar-refractivity contribution is 6.34. The Labute approximate surface area is 106 Å². The molecule has 2 heterocycles. The van der Waals surface area contributed by atoms with Gasteiger partial charge in [0.15, 0.2) is 0 Å². The molecule has 0 amide bonds. The molecular weight excluding hydrogens is 267 g/mol. The summed E-state index contributed by atoms with van der Waals surface area (Å²) in [6.07, 6.45) is 4.21. The molecule has 6 nitrogen and oxygen atoms in total. The molecule has 0 bridgehead atoms. The molecule has 0 fully saturated rings. The summed E-state index contributed by atoms with van der Waals surface area (Å²) in [5.41, 5.74) is 0.711. The summed E-state index contributed by atoms with van der Waals surface area (Å²) < 4.78 is 1.55. The molecule has 8 heteroatoms. The summed E-state index contributed by atoms with van der Waals surface area (Å²) in [4.78, 5) is 17.4. The summed E-state index contributed by atoms with van der Waals surface area (Å²) >= 11 is 11.6. The van der Waals surface area contributed by atoms with Gasteiger partial charge >= 0.3 is 5.82 Å². The molecule has 0 N–H and O–H groups in total. The van der Waals surface area contributed by atoms with Crippen LogP contribution in [0, 0.1) is 10.1 Å². The van der Waals surface area contributed by atoms with Crippen LogP contribution in [0.4, 0.5) is 5.82 Å². The first-order valence-electron chi connectivity index (χ1n) is 4.52. The lowest BCUT2D eigenvalue weighted by Crippen LogP contribution is -1.98. The summed E-state index contributed by atoms with van der Waals surface area (Å²) in [7, 11) is 0. The molecule has 0 aliphatic rings. The number of nitro groups is 1. The van der Waals surface area contributed by atoms with Gasteiger partial charge in [-0.3, -0.25) is 0 Å². The topological polar surface area (TPSA) is 73.8 Å². The van der Waals surface area contributed by atoms with Crippen LogP contribution in [0.5, 0.6) is 0 Å². The number of imidazole rings is 1. The highest BCUT2D eigenvalue weighted by Gasteiger charge is 2.11. The minimum atomic E-state index is -0.557. The fourth-order valence-corrected chi connectivity index (χ4v) is 1.70. The monoisotopic (exact) mass is 272 g/mol. The van der Waals surface area contributed by atoms with Gasteiger partial charge in [-0.2, -0.15) is 0 Å². The first kappa shape index (κ1) is 11.8. The number of hydrogen-bond acceptors (Lipinski definition) is 4. The quantitative estimate of drug-likeness (QED) is 0.489. The fourth-order valence-electron chi connectivity index (χ4n) is 1.28. The van der Waals surface area contributed by atoms with E-state index in [9.17, 15) is 10.1 Å². The number of rotatable bonds is 3. The number of halogens is 2. The zero-order valence-corrected chi connectivity index (χ0v) is 9.89. The molecule has 0 aromatic carbocycles. The van der Waals surface area contributed by atoms with E-state index in [1.54, 1.807) is 4.57 Å². The van der Waals surface area contributed by atoms with Crippen molar-refractivity contribution >= 4 is 29.0 Å². The average Bonchev–Trinajstić information content (AvgIpc) is 2.71. The first-order valence-corrected chi connectivity index (χ1v) is 5.28. The second kappa shape index (κ2) is 4.68. The standard InChI is InChI=1S/C9H6Cl2N4O2/c10-7-1-8(11)12-2-6(7)3-14-4-9(13-5-14)15(16)17/h1-2,4-5H,3H2. The highest BCUT2D eigenvalue weighted by atomic mass is 35.5. The lowest BCUT2D eigenvalue weighted by atomic mass is 10.3. The Morgan fingerprint density at radius 1 is 1.41 bits per heavy atom. The van der Waals surface area contributed by atoms with Gasteiger partial charge in [0.1, 0.15) is 11.3 Å². The molecule has 0 saturated heterocycles. The predicted molar refractivity (Wildman–Crippen MR) is 62.2 cm³/mol. The Kier molecular flexibility index (Phi) is 3.26. The maximum Gasteiger partial charge on any atom is 0.381 e. The lowest BCUT2D eigenvalue weighted by molar-refractivity contribution is -0.389. The molecule has 0 saturated carbocycles. The fraction of sp³-hybridized carbons (Fsp3) is 0.111. The van der Waals surface area contributed by atoms with Crippen LogP contribution in [0.1, 0.15) is 5.56 Å². The smallest absolute Gasteiger partial charge is 0.358 e. The number of hydrogen-bond donors (Lipinski definition) is 0. The van der Waals surface area contributed by atoms with Gasteiger partial charge in [0.25, 0.3) is 0 Å². The lowest BCUT2D eigenvalue weighted by Gasteiger charge is -2.03. The van der Waals surface area contributed by atoms with Crippen LogP contribution in [-0.4, -0.2) is 19.5 Å². The highest BCUT2D eigenvalue weighted by Crippen LogP contribution is 2.20. The van der Waals surface area contributed by atoms with Crippen molar-refractivity contribution in [2.45, 2.75) is 6.54 Å². The second-order valence-corrected chi connectivity index (χ2v) is 4.05. The third-order valence-corrected chi connectivity index (χ3v) is 2.61. The van der Waals surface area contributed by atoms with Crippen molar-refractivity contribution in [3.63, 3.8) is 0 Å². The summed E-state index contributed by atoms with van der Waals surface area (Å²) in [5, 5.41) is 11.2. The van der Waals surface area contributed by atoms with Gasteiger partial charge in [-0.15, -0.1) is 0 Å². The molecular formula is C9H6Cl2N4O2. The van der Waals surface area contributed by atoms with Gasteiger partial charge in [-0.05, 0) is 16.0 Å². The summed E-state index contributed by atoms with van der Waals surface area (Å²) in [5.74, 6) is -0.206. The van der Waals surface area contributed by atoms with Gasteiger partial charge in [0, 0.05) is 11.8 Å². The van der Waals surface area contributed by atoms with Crippen molar-refractivity contribution in [2.24, 2.45) is 0 Å². The Morgan fingerprint density at radius 2 is 2.18 bits per heavy atom. The van der Waals surface area contributed by atoms with Crippen LogP contribution in [0.15, 0.2) is 24.8 Å². The number of nitrogens with zero attached hydrogens (tertiary/aromatic N) is 4. The van der Waals surface area contributed by atoms with Gasteiger partial charge in [-0.25, -0.2) is 4.98 Å². The molecule has 0 unspecified atom stereocenters. The van der Waals surface area contributed by atoms with Crippen LogP contribution in [0.3, 0.4) is 0 Å². The van der Waals surface area contributed by atoms with E-state index < -0.39 is 4.92 Å². The summed E-state index contributed by atoms with van der Waals surface area (Å²) in [6, 6.07) is 1.52. The van der Waals surface area contributed by atoms with E-state index in [1.165, 1.54) is 24.8 Å². The van der Waals surface area contributed by atoms with E-state index in [-0.39, 0.29) is 5.82 Å². The van der Waals surface area contributed by atoms with Gasteiger partial charge in [-0.1, -0.05) is 23.2 Å². The zero-order chi connectivity index (χ0) is 12.4. The van der Waals surface area contributed by atoms with E-state index in [4.69, 9.17) is 23.2 Å². The van der Waals surface area contributed by atoms with Crippen LogP contribution in [0.25, 0.3) is 0 Å². The Morgan fingerprint density at radius 3 is 2.76 bits per heavy atom. The summed E-state index contributed by atoms with van der Waals surface area (Å²) in [6.45, 7) is 0.351. The molecule has 2 aromatic heterocycles. The largest absolute Gasteiger partial charge is 0.381 e. The maximum atomic E-state index is 10.5. The normalized spacial score (nSPS) is 10.5. The van der Waals surface area contributed by atoms with Crippen LogP contribution in [0.2, 0.25) is 10.2 Å². The van der Waals surface area contributed by atoms with Crippen molar-refractivity contribution in [1.29, 1.82) is 0 Å². The number of aromatic nitrogens is 3. The molecule has 2 aromatic rings. The van der Waals surface area contributed by atoms with E-state index in [0.29, 0.717) is 22.3 Å². The van der Waals surface area contributed by atoms with Crippen molar-refractivity contribution in [3.8, 4) is 0 Å².